The highest BCUT2D eigenvalue weighted by Crippen LogP contribution is 2.18. The van der Waals surface area contributed by atoms with Gasteiger partial charge in [-0.1, -0.05) is 30.3 Å². The van der Waals surface area contributed by atoms with E-state index in [4.69, 9.17) is 0 Å². The van der Waals surface area contributed by atoms with Crippen LogP contribution < -0.4 is 16.0 Å². The molecule has 30 heavy (non-hydrogen) atoms. The number of urea groups is 1. The number of aromatic nitrogens is 4. The molecule has 8 nitrogen and oxygen atoms in total. The standard InChI is InChI=1S/C22H23N7O/c1-15-16(2)29(14-27-15)21-12-20(25-13-26-21)23-9-10-24-22(30)28-19-8-7-17-5-3-4-6-18(17)11-19/h3-8,11-14H,9-10H2,1-2H3,(H,23,25,26)(H2,24,28,30). The predicted molar refractivity (Wildman–Crippen MR) is 118 cm³/mol. The van der Waals surface area contributed by atoms with Crippen LogP contribution in [-0.2, 0) is 0 Å². The van der Waals surface area contributed by atoms with Crippen molar-refractivity contribution in [2.24, 2.45) is 0 Å². The van der Waals surface area contributed by atoms with Crippen molar-refractivity contribution >= 4 is 28.3 Å². The van der Waals surface area contributed by atoms with Crippen molar-refractivity contribution in [1.82, 2.24) is 24.8 Å². The monoisotopic (exact) mass is 401 g/mol. The summed E-state index contributed by atoms with van der Waals surface area (Å²) >= 11 is 0. The molecule has 0 bridgehead atoms. The van der Waals surface area contributed by atoms with Gasteiger partial charge in [-0.15, -0.1) is 0 Å². The number of nitrogens with zero attached hydrogens (tertiary/aromatic N) is 4. The third-order valence-corrected chi connectivity index (χ3v) is 4.88. The number of carbonyl (C=O) groups excluding carboxylic acids is 1. The van der Waals surface area contributed by atoms with Crippen LogP contribution in [0, 0.1) is 13.8 Å². The number of fused-ring (bicyclic) bond motifs is 1. The van der Waals surface area contributed by atoms with Crippen molar-refractivity contribution in [3.63, 3.8) is 0 Å². The van der Waals surface area contributed by atoms with Gasteiger partial charge in [0.1, 0.15) is 24.3 Å². The van der Waals surface area contributed by atoms with Crippen molar-refractivity contribution < 1.29 is 4.79 Å². The van der Waals surface area contributed by atoms with Gasteiger partial charge < -0.3 is 16.0 Å². The lowest BCUT2D eigenvalue weighted by atomic mass is 10.1. The zero-order chi connectivity index (χ0) is 20.9. The van der Waals surface area contributed by atoms with E-state index in [1.807, 2.05) is 66.9 Å². The van der Waals surface area contributed by atoms with Gasteiger partial charge in [-0.25, -0.2) is 19.7 Å². The average molecular weight is 401 g/mol. The fourth-order valence-electron chi connectivity index (χ4n) is 3.11. The van der Waals surface area contributed by atoms with Crippen LogP contribution in [-0.4, -0.2) is 38.6 Å². The Kier molecular flexibility index (Phi) is 5.56. The number of rotatable bonds is 6. The fraction of sp³-hybridized carbons (Fsp3) is 0.182. The van der Waals surface area contributed by atoms with Crippen LogP contribution in [0.3, 0.4) is 0 Å². The van der Waals surface area contributed by atoms with Gasteiger partial charge in [0.05, 0.1) is 5.69 Å². The van der Waals surface area contributed by atoms with E-state index in [1.165, 1.54) is 6.33 Å². The van der Waals surface area contributed by atoms with Crippen molar-refractivity contribution in [2.75, 3.05) is 23.7 Å². The van der Waals surface area contributed by atoms with Gasteiger partial charge in [0.25, 0.3) is 0 Å². The Morgan fingerprint density at radius 3 is 2.60 bits per heavy atom. The van der Waals surface area contributed by atoms with E-state index >= 15 is 0 Å². The molecule has 2 aromatic carbocycles. The number of nitrogens with one attached hydrogen (secondary N) is 3. The summed E-state index contributed by atoms with van der Waals surface area (Å²) in [7, 11) is 0. The van der Waals surface area contributed by atoms with Crippen molar-refractivity contribution in [2.45, 2.75) is 13.8 Å². The van der Waals surface area contributed by atoms with E-state index in [1.54, 1.807) is 6.33 Å². The SMILES string of the molecule is Cc1ncn(-c2cc(NCCNC(=O)Nc3ccc4ccccc4c3)ncn2)c1C. The first-order valence-electron chi connectivity index (χ1n) is 9.70. The number of hydrogen-bond donors (Lipinski definition) is 3. The summed E-state index contributed by atoms with van der Waals surface area (Å²) < 4.78 is 1.91. The molecule has 0 saturated carbocycles. The fourth-order valence-corrected chi connectivity index (χ4v) is 3.11. The second-order valence-electron chi connectivity index (χ2n) is 6.92. The van der Waals surface area contributed by atoms with E-state index in [9.17, 15) is 4.79 Å². The lowest BCUT2D eigenvalue weighted by Crippen LogP contribution is -2.32. The van der Waals surface area contributed by atoms with Crippen LogP contribution >= 0.6 is 0 Å². The molecule has 4 aromatic rings. The Morgan fingerprint density at radius 1 is 0.967 bits per heavy atom. The maximum absolute atomic E-state index is 12.2. The zero-order valence-corrected chi connectivity index (χ0v) is 16.9. The van der Waals surface area contributed by atoms with Gasteiger partial charge in [-0.3, -0.25) is 4.57 Å². The molecule has 0 aliphatic carbocycles. The van der Waals surface area contributed by atoms with Gasteiger partial charge in [-0.2, -0.15) is 0 Å². The molecule has 0 fully saturated rings. The van der Waals surface area contributed by atoms with E-state index in [0.29, 0.717) is 18.9 Å². The summed E-state index contributed by atoms with van der Waals surface area (Å²) in [5.41, 5.74) is 2.75. The van der Waals surface area contributed by atoms with Crippen LogP contribution in [0.1, 0.15) is 11.4 Å². The molecule has 3 N–H and O–H groups in total. The van der Waals surface area contributed by atoms with Gasteiger partial charge in [0.15, 0.2) is 0 Å². The maximum atomic E-state index is 12.2. The van der Waals surface area contributed by atoms with E-state index in [-0.39, 0.29) is 6.03 Å². The Bertz CT molecular complexity index is 1190. The largest absolute Gasteiger partial charge is 0.368 e. The number of carbonyl (C=O) groups is 1. The minimum Gasteiger partial charge on any atom is -0.368 e. The number of anilines is 2. The second-order valence-corrected chi connectivity index (χ2v) is 6.92. The smallest absolute Gasteiger partial charge is 0.319 e. The molecule has 0 radical (unpaired) electrons. The number of hydrogen-bond acceptors (Lipinski definition) is 5. The minimum absolute atomic E-state index is 0.250. The molecule has 0 atom stereocenters. The summed E-state index contributed by atoms with van der Waals surface area (Å²) in [5, 5.41) is 11.1. The molecule has 0 aliphatic rings. The molecular weight excluding hydrogens is 378 g/mol. The molecule has 4 rings (SSSR count). The van der Waals surface area contributed by atoms with Crippen LogP contribution in [0.25, 0.3) is 16.6 Å². The van der Waals surface area contributed by atoms with E-state index < -0.39 is 0 Å². The van der Waals surface area contributed by atoms with Crippen molar-refractivity contribution in [1.29, 1.82) is 0 Å². The van der Waals surface area contributed by atoms with E-state index in [2.05, 4.69) is 30.9 Å². The molecule has 8 heteroatoms. The van der Waals surface area contributed by atoms with Crippen LogP contribution in [0.2, 0.25) is 0 Å². The molecule has 0 unspecified atom stereocenters. The van der Waals surface area contributed by atoms with Gasteiger partial charge >= 0.3 is 6.03 Å². The van der Waals surface area contributed by atoms with E-state index in [0.717, 1.165) is 33.7 Å². The Morgan fingerprint density at radius 2 is 1.80 bits per heavy atom. The number of aryl methyl sites for hydroxylation is 1. The summed E-state index contributed by atoms with van der Waals surface area (Å²) in [6.07, 6.45) is 3.25. The molecular formula is C22H23N7O. The van der Waals surface area contributed by atoms with Crippen LogP contribution in [0.15, 0.2) is 61.2 Å². The van der Waals surface area contributed by atoms with Crippen molar-refractivity contribution in [3.8, 4) is 5.82 Å². The van der Waals surface area contributed by atoms with Gasteiger partial charge in [-0.05, 0) is 36.8 Å². The lowest BCUT2D eigenvalue weighted by Gasteiger charge is -2.10. The summed E-state index contributed by atoms with van der Waals surface area (Å²) in [6.45, 7) is 4.93. The molecule has 2 heterocycles. The number of amides is 2. The first-order valence-corrected chi connectivity index (χ1v) is 9.70. The summed E-state index contributed by atoms with van der Waals surface area (Å²) in [5.74, 6) is 1.43. The first-order chi connectivity index (χ1) is 14.6. The summed E-state index contributed by atoms with van der Waals surface area (Å²) in [4.78, 5) is 25.0. The average Bonchev–Trinajstić information content (AvgIpc) is 3.10. The van der Waals surface area contributed by atoms with Crippen LogP contribution in [0.5, 0.6) is 0 Å². The molecule has 152 valence electrons. The highest BCUT2D eigenvalue weighted by atomic mass is 16.2. The highest BCUT2D eigenvalue weighted by molar-refractivity contribution is 5.93. The Hall–Kier alpha value is -3.94. The third-order valence-electron chi connectivity index (χ3n) is 4.88. The van der Waals surface area contributed by atoms with Gasteiger partial charge in [0.2, 0.25) is 0 Å². The van der Waals surface area contributed by atoms with Crippen LogP contribution in [0.4, 0.5) is 16.3 Å². The highest BCUT2D eigenvalue weighted by Gasteiger charge is 2.07. The lowest BCUT2D eigenvalue weighted by molar-refractivity contribution is 0.252. The predicted octanol–water partition coefficient (Wildman–Crippen LogP) is 3.67. The molecule has 0 saturated heterocycles. The van der Waals surface area contributed by atoms with Gasteiger partial charge in [0, 0.05) is 30.5 Å². The van der Waals surface area contributed by atoms with Crippen molar-refractivity contribution in [3.05, 3.63) is 72.6 Å². The Labute approximate surface area is 174 Å². The maximum Gasteiger partial charge on any atom is 0.319 e. The molecule has 2 aromatic heterocycles. The summed E-state index contributed by atoms with van der Waals surface area (Å²) in [6, 6.07) is 15.5. The number of benzene rings is 2. The minimum atomic E-state index is -0.250. The number of imidazole rings is 1. The normalized spacial score (nSPS) is 10.7. The zero-order valence-electron chi connectivity index (χ0n) is 16.9. The molecule has 2 amide bonds. The molecule has 0 spiro atoms. The first kappa shape index (κ1) is 19.4. The quantitative estimate of drug-likeness (QED) is 0.429. The second kappa shape index (κ2) is 8.60. The topological polar surface area (TPSA) is 96.8 Å². The molecule has 0 aliphatic heterocycles. The third kappa shape index (κ3) is 4.38. The Balaban J connectivity index is 1.28.